The summed E-state index contributed by atoms with van der Waals surface area (Å²) in [5, 5.41) is 4.14. The largest absolute Gasteiger partial charge is 0.298 e. The first-order chi connectivity index (χ1) is 6.77. The maximum Gasteiger partial charge on any atom is 0.151 e. The molecule has 2 rings (SSSR count). The van der Waals surface area contributed by atoms with Gasteiger partial charge in [0.25, 0.3) is 0 Å². The lowest BCUT2D eigenvalue weighted by molar-refractivity contribution is 0.112. The van der Waals surface area contributed by atoms with Gasteiger partial charge in [0.15, 0.2) is 6.29 Å². The molecule has 0 fully saturated rings. The van der Waals surface area contributed by atoms with Crippen LogP contribution in [0, 0.1) is 3.57 Å². The maximum atomic E-state index is 10.8. The molecule has 1 nitrogen and oxygen atoms in total. The van der Waals surface area contributed by atoms with Gasteiger partial charge in [0.2, 0.25) is 0 Å². The van der Waals surface area contributed by atoms with E-state index in [-0.39, 0.29) is 0 Å². The minimum absolute atomic E-state index is 0.789. The summed E-state index contributed by atoms with van der Waals surface area (Å²) in [7, 11) is 0. The Labute approximate surface area is 108 Å². The lowest BCUT2D eigenvalue weighted by Crippen LogP contribution is -1.85. The molecule has 0 bridgehead atoms. The molecule has 0 spiro atoms. The van der Waals surface area contributed by atoms with Crippen molar-refractivity contribution >= 4 is 66.2 Å². The zero-order chi connectivity index (χ0) is 10.1. The first kappa shape index (κ1) is 10.6. The summed E-state index contributed by atoms with van der Waals surface area (Å²) in [6, 6.07) is 3.90. The average Bonchev–Trinajstić information content (AvgIpc) is 2.60. The van der Waals surface area contributed by atoms with E-state index in [1.165, 1.54) is 14.5 Å². The highest BCUT2D eigenvalue weighted by atomic mass is 127. The molecule has 14 heavy (non-hydrogen) atoms. The van der Waals surface area contributed by atoms with Gasteiger partial charge in [0.1, 0.15) is 0 Å². The molecule has 0 atom stereocenters. The van der Waals surface area contributed by atoms with Gasteiger partial charge in [-0.25, -0.2) is 0 Å². The molecule has 0 unspecified atom stereocenters. The Hall–Kier alpha value is 0.0600. The van der Waals surface area contributed by atoms with Crippen LogP contribution in [0.3, 0.4) is 0 Å². The average molecular weight is 381 g/mol. The minimum Gasteiger partial charge on any atom is -0.298 e. The second kappa shape index (κ2) is 4.28. The number of halogens is 2. The Bertz CT molecular complexity index is 492. The zero-order valence-corrected chi connectivity index (χ0v) is 11.6. The summed E-state index contributed by atoms with van der Waals surface area (Å²) >= 11 is 7.40. The normalized spacial score (nSPS) is 10.7. The first-order valence-electron chi connectivity index (χ1n) is 3.97. The molecule has 0 saturated carbocycles. The Morgan fingerprint density at radius 1 is 1.50 bits per heavy atom. The monoisotopic (exact) mass is 380 g/mol. The fraction of sp³-hybridized carbons (Fsp3) is 0.100. The van der Waals surface area contributed by atoms with E-state index in [2.05, 4.69) is 43.9 Å². The number of benzene rings is 1. The minimum atomic E-state index is 0.789. The van der Waals surface area contributed by atoms with E-state index in [9.17, 15) is 4.79 Å². The number of carbonyl (C=O) groups excluding carboxylic acids is 1. The molecule has 72 valence electrons. The molecule has 0 aliphatic heterocycles. The molecular weight excluding hydrogens is 375 g/mol. The van der Waals surface area contributed by atoms with Gasteiger partial charge in [-0.1, -0.05) is 22.0 Å². The van der Waals surface area contributed by atoms with Gasteiger partial charge >= 0.3 is 0 Å². The van der Waals surface area contributed by atoms with Crippen LogP contribution in [0.15, 0.2) is 17.5 Å². The van der Waals surface area contributed by atoms with Crippen LogP contribution in [0.5, 0.6) is 0 Å². The van der Waals surface area contributed by atoms with Crippen molar-refractivity contribution < 1.29 is 4.79 Å². The number of hydrogen-bond donors (Lipinski definition) is 0. The van der Waals surface area contributed by atoms with Crippen LogP contribution in [0.4, 0.5) is 0 Å². The van der Waals surface area contributed by atoms with E-state index in [4.69, 9.17) is 0 Å². The lowest BCUT2D eigenvalue weighted by atomic mass is 10.1. The molecular formula is C10H6BrIOS. The molecule has 0 aliphatic carbocycles. The van der Waals surface area contributed by atoms with Crippen molar-refractivity contribution in [2.75, 3.05) is 0 Å². The summed E-state index contributed by atoms with van der Waals surface area (Å²) in [5.41, 5.74) is 2.04. The summed E-state index contributed by atoms with van der Waals surface area (Å²) in [6.07, 6.45) is 0.924. The Morgan fingerprint density at radius 3 is 2.93 bits per heavy atom. The fourth-order valence-corrected chi connectivity index (χ4v) is 4.00. The number of thiophene rings is 1. The van der Waals surface area contributed by atoms with E-state index in [0.29, 0.717) is 0 Å². The Balaban J connectivity index is 2.87. The molecule has 1 heterocycles. The topological polar surface area (TPSA) is 17.1 Å². The van der Waals surface area contributed by atoms with E-state index in [1.807, 2.05) is 12.1 Å². The number of hydrogen-bond acceptors (Lipinski definition) is 2. The molecule has 0 aliphatic rings. The van der Waals surface area contributed by atoms with Crippen LogP contribution in [0.2, 0.25) is 0 Å². The molecule has 1 aromatic heterocycles. The van der Waals surface area contributed by atoms with Crippen LogP contribution < -0.4 is 0 Å². The maximum absolute atomic E-state index is 10.8. The predicted octanol–water partition coefficient (Wildman–Crippen LogP) is 4.21. The van der Waals surface area contributed by atoms with Gasteiger partial charge in [-0.05, 0) is 34.2 Å². The quantitative estimate of drug-likeness (QED) is 0.433. The molecule has 0 amide bonds. The van der Waals surface area contributed by atoms with E-state index in [1.54, 1.807) is 11.3 Å². The second-order valence-corrected chi connectivity index (χ2v) is 5.46. The van der Waals surface area contributed by atoms with Crippen molar-refractivity contribution in [2.24, 2.45) is 0 Å². The number of carbonyl (C=O) groups is 1. The van der Waals surface area contributed by atoms with Crippen molar-refractivity contribution in [2.45, 2.75) is 5.33 Å². The van der Waals surface area contributed by atoms with Crippen molar-refractivity contribution in [3.05, 3.63) is 32.2 Å². The number of fused-ring (bicyclic) bond motifs is 1. The number of rotatable bonds is 2. The van der Waals surface area contributed by atoms with Crippen molar-refractivity contribution in [3.8, 4) is 0 Å². The van der Waals surface area contributed by atoms with Gasteiger partial charge in [-0.2, -0.15) is 0 Å². The van der Waals surface area contributed by atoms with Gasteiger partial charge in [0.05, 0.1) is 0 Å². The third kappa shape index (κ3) is 1.63. The fourth-order valence-electron chi connectivity index (χ4n) is 1.40. The molecule has 2 aromatic rings. The Kier molecular flexibility index (Phi) is 3.23. The van der Waals surface area contributed by atoms with Crippen LogP contribution in [0.1, 0.15) is 15.9 Å². The predicted molar refractivity (Wildman–Crippen MR) is 72.6 cm³/mol. The van der Waals surface area contributed by atoms with Gasteiger partial charge in [0, 0.05) is 29.9 Å². The smallest absolute Gasteiger partial charge is 0.151 e. The van der Waals surface area contributed by atoms with Gasteiger partial charge in [-0.15, -0.1) is 11.3 Å². The van der Waals surface area contributed by atoms with Crippen LogP contribution >= 0.6 is 49.9 Å². The van der Waals surface area contributed by atoms with Crippen molar-refractivity contribution in [1.29, 1.82) is 0 Å². The van der Waals surface area contributed by atoms with E-state index >= 15 is 0 Å². The summed E-state index contributed by atoms with van der Waals surface area (Å²) in [4.78, 5) is 10.8. The SMILES string of the molecule is O=Cc1ccc(CBr)c2c(I)csc12. The standard InChI is InChI=1S/C10H6BrIOS/c11-3-6-1-2-7(4-13)10-9(6)8(12)5-14-10/h1-2,4-5H,3H2. The number of aldehydes is 1. The van der Waals surface area contributed by atoms with Gasteiger partial charge in [-0.3, -0.25) is 4.79 Å². The van der Waals surface area contributed by atoms with Gasteiger partial charge < -0.3 is 0 Å². The van der Waals surface area contributed by atoms with Crippen LogP contribution in [0.25, 0.3) is 10.1 Å². The van der Waals surface area contributed by atoms with Crippen molar-refractivity contribution in [3.63, 3.8) is 0 Å². The molecule has 0 radical (unpaired) electrons. The Morgan fingerprint density at radius 2 is 2.29 bits per heavy atom. The number of alkyl halides is 1. The summed E-state index contributed by atoms with van der Waals surface area (Å²) < 4.78 is 2.32. The molecule has 4 heteroatoms. The van der Waals surface area contributed by atoms with Crippen LogP contribution in [-0.4, -0.2) is 6.29 Å². The zero-order valence-electron chi connectivity index (χ0n) is 7.09. The summed E-state index contributed by atoms with van der Waals surface area (Å²) in [5.74, 6) is 0. The van der Waals surface area contributed by atoms with Crippen molar-refractivity contribution in [1.82, 2.24) is 0 Å². The van der Waals surface area contributed by atoms with Crippen LogP contribution in [-0.2, 0) is 5.33 Å². The summed E-state index contributed by atoms with van der Waals surface area (Å²) in [6.45, 7) is 0. The highest BCUT2D eigenvalue weighted by Crippen LogP contribution is 2.33. The van der Waals surface area contributed by atoms with E-state index < -0.39 is 0 Å². The van der Waals surface area contributed by atoms with E-state index in [0.717, 1.165) is 21.9 Å². The third-order valence-electron chi connectivity index (χ3n) is 2.06. The third-order valence-corrected chi connectivity index (χ3v) is 4.97. The highest BCUT2D eigenvalue weighted by molar-refractivity contribution is 14.1. The molecule has 0 saturated heterocycles. The molecule has 1 aromatic carbocycles. The second-order valence-electron chi connectivity index (χ2n) is 2.85. The lowest BCUT2D eigenvalue weighted by Gasteiger charge is -2.01. The molecule has 0 N–H and O–H groups in total. The first-order valence-corrected chi connectivity index (χ1v) is 7.05. The highest BCUT2D eigenvalue weighted by Gasteiger charge is 2.09.